The molecule has 0 bridgehead atoms. The highest BCUT2D eigenvalue weighted by atomic mass is 16.5. The van der Waals surface area contributed by atoms with Crippen LogP contribution in [0.1, 0.15) is 12.5 Å². The Bertz CT molecular complexity index is 426. The first-order valence-electron chi connectivity index (χ1n) is 5.93. The Kier molecular flexibility index (Phi) is 5.47. The molecule has 0 spiro atoms. The van der Waals surface area contributed by atoms with Crippen LogP contribution >= 0.6 is 0 Å². The number of nitrogens with zero attached hydrogens (tertiary/aromatic N) is 2. The molecular weight excluding hydrogens is 228 g/mol. The molecule has 0 aliphatic rings. The summed E-state index contributed by atoms with van der Waals surface area (Å²) in [6.45, 7) is 2.73. The maximum absolute atomic E-state index is 8.82. The molecule has 0 fully saturated rings. The lowest BCUT2D eigenvalue weighted by molar-refractivity contribution is 0.306. The monoisotopic (exact) mass is 248 g/mol. The van der Waals surface area contributed by atoms with Crippen LogP contribution in [-0.4, -0.2) is 38.8 Å². The molecule has 4 heteroatoms. The van der Waals surface area contributed by atoms with Crippen molar-refractivity contribution in [3.05, 3.63) is 23.8 Å². The van der Waals surface area contributed by atoms with Crippen LogP contribution < -0.4 is 9.47 Å². The van der Waals surface area contributed by atoms with E-state index in [9.17, 15) is 0 Å². The van der Waals surface area contributed by atoms with Gasteiger partial charge in [-0.1, -0.05) is 6.07 Å². The second-order valence-corrected chi connectivity index (χ2v) is 4.23. The van der Waals surface area contributed by atoms with Gasteiger partial charge in [0.05, 0.1) is 26.3 Å². The van der Waals surface area contributed by atoms with Crippen LogP contribution in [0.25, 0.3) is 0 Å². The second kappa shape index (κ2) is 6.87. The van der Waals surface area contributed by atoms with E-state index in [-0.39, 0.29) is 6.04 Å². The summed E-state index contributed by atoms with van der Waals surface area (Å²) < 4.78 is 10.5. The zero-order valence-corrected chi connectivity index (χ0v) is 11.4. The molecule has 1 rings (SSSR count). The molecule has 0 saturated carbocycles. The van der Waals surface area contributed by atoms with Crippen molar-refractivity contribution in [2.45, 2.75) is 19.4 Å². The Morgan fingerprint density at radius 1 is 1.28 bits per heavy atom. The standard InChI is InChI=1S/C14H20N2O2/c1-11(10-15)16(2)8-7-12-5-6-13(17-3)14(9-12)18-4/h5-6,9,11H,7-8H2,1-4H3. The Hall–Kier alpha value is -1.73. The summed E-state index contributed by atoms with van der Waals surface area (Å²) in [6.07, 6.45) is 0.878. The molecule has 0 heterocycles. The number of likely N-dealkylation sites (N-methyl/N-ethyl adjacent to an activating group) is 1. The van der Waals surface area contributed by atoms with Crippen molar-refractivity contribution in [3.63, 3.8) is 0 Å². The van der Waals surface area contributed by atoms with Gasteiger partial charge in [-0.3, -0.25) is 4.90 Å². The Labute approximate surface area is 109 Å². The fourth-order valence-electron chi connectivity index (χ4n) is 1.63. The van der Waals surface area contributed by atoms with E-state index < -0.39 is 0 Å². The number of hydrogen-bond donors (Lipinski definition) is 0. The van der Waals surface area contributed by atoms with E-state index in [1.807, 2.05) is 37.1 Å². The van der Waals surface area contributed by atoms with E-state index in [0.717, 1.165) is 24.5 Å². The van der Waals surface area contributed by atoms with Gasteiger partial charge in [-0.2, -0.15) is 5.26 Å². The third-order valence-corrected chi connectivity index (χ3v) is 3.05. The lowest BCUT2D eigenvalue weighted by Gasteiger charge is -2.19. The summed E-state index contributed by atoms with van der Waals surface area (Å²) in [5.41, 5.74) is 1.17. The van der Waals surface area contributed by atoms with Crippen molar-refractivity contribution in [3.8, 4) is 17.6 Å². The van der Waals surface area contributed by atoms with E-state index in [1.54, 1.807) is 14.2 Å². The first-order valence-corrected chi connectivity index (χ1v) is 5.93. The second-order valence-electron chi connectivity index (χ2n) is 4.23. The van der Waals surface area contributed by atoms with Crippen molar-refractivity contribution in [2.75, 3.05) is 27.8 Å². The third kappa shape index (κ3) is 3.64. The summed E-state index contributed by atoms with van der Waals surface area (Å²) in [5.74, 6) is 1.48. The average molecular weight is 248 g/mol. The molecule has 0 N–H and O–H groups in total. The summed E-state index contributed by atoms with van der Waals surface area (Å²) in [6, 6.07) is 8.06. The van der Waals surface area contributed by atoms with Crippen molar-refractivity contribution in [1.29, 1.82) is 5.26 Å². The van der Waals surface area contributed by atoms with Gasteiger partial charge in [0.2, 0.25) is 0 Å². The lowest BCUT2D eigenvalue weighted by Crippen LogP contribution is -2.29. The Morgan fingerprint density at radius 3 is 2.50 bits per heavy atom. The SMILES string of the molecule is COc1ccc(CCN(C)C(C)C#N)cc1OC. The van der Waals surface area contributed by atoms with E-state index in [1.165, 1.54) is 5.56 Å². The molecule has 0 radical (unpaired) electrons. The van der Waals surface area contributed by atoms with Gasteiger partial charge < -0.3 is 9.47 Å². The van der Waals surface area contributed by atoms with Gasteiger partial charge in [0.15, 0.2) is 11.5 Å². The summed E-state index contributed by atoms with van der Waals surface area (Å²) >= 11 is 0. The first-order chi connectivity index (χ1) is 8.62. The van der Waals surface area contributed by atoms with Crippen LogP contribution in [0.4, 0.5) is 0 Å². The van der Waals surface area contributed by atoms with E-state index in [0.29, 0.717) is 0 Å². The highest BCUT2D eigenvalue weighted by Gasteiger charge is 2.09. The van der Waals surface area contributed by atoms with Crippen LogP contribution in [0, 0.1) is 11.3 Å². The molecule has 0 aliphatic carbocycles. The predicted octanol–water partition coefficient (Wildman–Crippen LogP) is 2.09. The summed E-state index contributed by atoms with van der Waals surface area (Å²) in [7, 11) is 5.21. The zero-order chi connectivity index (χ0) is 13.5. The third-order valence-electron chi connectivity index (χ3n) is 3.05. The average Bonchev–Trinajstić information content (AvgIpc) is 2.43. The van der Waals surface area contributed by atoms with Crippen molar-refractivity contribution < 1.29 is 9.47 Å². The van der Waals surface area contributed by atoms with E-state index in [4.69, 9.17) is 14.7 Å². The van der Waals surface area contributed by atoms with E-state index >= 15 is 0 Å². The molecule has 0 saturated heterocycles. The fourth-order valence-corrected chi connectivity index (χ4v) is 1.63. The molecule has 0 aliphatic heterocycles. The molecule has 0 aromatic heterocycles. The Morgan fingerprint density at radius 2 is 1.94 bits per heavy atom. The molecule has 0 amide bonds. The van der Waals surface area contributed by atoms with Crippen LogP contribution in [0.3, 0.4) is 0 Å². The number of ether oxygens (including phenoxy) is 2. The maximum Gasteiger partial charge on any atom is 0.160 e. The smallest absolute Gasteiger partial charge is 0.160 e. The molecule has 1 aromatic carbocycles. The van der Waals surface area contributed by atoms with Gasteiger partial charge in [-0.15, -0.1) is 0 Å². The summed E-state index contributed by atoms with van der Waals surface area (Å²) in [4.78, 5) is 2.02. The number of nitriles is 1. The van der Waals surface area contributed by atoms with Crippen molar-refractivity contribution in [2.24, 2.45) is 0 Å². The van der Waals surface area contributed by atoms with Crippen LogP contribution in [0.2, 0.25) is 0 Å². The largest absolute Gasteiger partial charge is 0.493 e. The minimum Gasteiger partial charge on any atom is -0.493 e. The molecule has 1 unspecified atom stereocenters. The fraction of sp³-hybridized carbons (Fsp3) is 0.500. The lowest BCUT2D eigenvalue weighted by atomic mass is 10.1. The number of hydrogen-bond acceptors (Lipinski definition) is 4. The van der Waals surface area contributed by atoms with Crippen LogP contribution in [0.5, 0.6) is 11.5 Å². The van der Waals surface area contributed by atoms with Gasteiger partial charge in [-0.25, -0.2) is 0 Å². The number of rotatable bonds is 6. The predicted molar refractivity (Wildman–Crippen MR) is 71.0 cm³/mol. The van der Waals surface area contributed by atoms with Gasteiger partial charge in [0.1, 0.15) is 0 Å². The van der Waals surface area contributed by atoms with Gasteiger partial charge in [-0.05, 0) is 38.1 Å². The molecule has 1 atom stereocenters. The van der Waals surface area contributed by atoms with Crippen molar-refractivity contribution >= 4 is 0 Å². The van der Waals surface area contributed by atoms with Gasteiger partial charge in [0.25, 0.3) is 0 Å². The van der Waals surface area contributed by atoms with Gasteiger partial charge >= 0.3 is 0 Å². The number of methoxy groups -OCH3 is 2. The normalized spacial score (nSPS) is 12.0. The van der Waals surface area contributed by atoms with Crippen molar-refractivity contribution in [1.82, 2.24) is 4.90 Å². The first kappa shape index (κ1) is 14.3. The molecular formula is C14H20N2O2. The molecule has 18 heavy (non-hydrogen) atoms. The minimum absolute atomic E-state index is 0.0647. The molecule has 1 aromatic rings. The zero-order valence-electron chi connectivity index (χ0n) is 11.4. The number of benzene rings is 1. The highest BCUT2D eigenvalue weighted by Crippen LogP contribution is 2.27. The Balaban J connectivity index is 2.66. The highest BCUT2D eigenvalue weighted by molar-refractivity contribution is 5.42. The summed E-state index contributed by atoms with van der Waals surface area (Å²) in [5, 5.41) is 8.82. The molecule has 98 valence electrons. The topological polar surface area (TPSA) is 45.5 Å². The van der Waals surface area contributed by atoms with E-state index in [2.05, 4.69) is 6.07 Å². The van der Waals surface area contributed by atoms with Gasteiger partial charge in [0, 0.05) is 6.54 Å². The maximum atomic E-state index is 8.82. The quantitative estimate of drug-likeness (QED) is 0.773. The molecule has 4 nitrogen and oxygen atoms in total. The van der Waals surface area contributed by atoms with Crippen LogP contribution in [0.15, 0.2) is 18.2 Å². The minimum atomic E-state index is -0.0647. The van der Waals surface area contributed by atoms with Crippen LogP contribution in [-0.2, 0) is 6.42 Å².